The minimum Gasteiger partial charge on any atom is -0.493 e. The highest BCUT2D eigenvalue weighted by Crippen LogP contribution is 2.34. The normalized spacial score (nSPS) is 13.9. The molecule has 0 unspecified atom stereocenters. The average molecular weight is 431 g/mol. The van der Waals surface area contributed by atoms with Crippen LogP contribution in [0.5, 0.6) is 5.75 Å². The van der Waals surface area contributed by atoms with Crippen molar-refractivity contribution in [2.45, 2.75) is 20.4 Å². The second-order valence-corrected chi connectivity index (χ2v) is 8.12. The molecule has 0 saturated heterocycles. The number of likely N-dealkylation sites (N-methyl/N-ethyl adjacent to an activating group) is 1. The van der Waals surface area contributed by atoms with Crippen LogP contribution in [0, 0.1) is 5.92 Å². The lowest BCUT2D eigenvalue weighted by Crippen LogP contribution is -2.33. The number of ether oxygens (including phenoxy) is 1. The third-order valence-electron chi connectivity index (χ3n) is 5.24. The van der Waals surface area contributed by atoms with Gasteiger partial charge in [-0.1, -0.05) is 44.2 Å². The lowest BCUT2D eigenvalue weighted by atomic mass is 10.0. The predicted octanol–water partition coefficient (Wildman–Crippen LogP) is 4.73. The summed E-state index contributed by atoms with van der Waals surface area (Å²) in [4.78, 5) is 29.9. The van der Waals surface area contributed by atoms with Crippen LogP contribution in [0.1, 0.15) is 25.2 Å². The molecule has 0 N–H and O–H groups in total. The van der Waals surface area contributed by atoms with Gasteiger partial charge in [0.15, 0.2) is 0 Å². The summed E-state index contributed by atoms with van der Waals surface area (Å²) in [5.74, 6) is 0.984. The fourth-order valence-corrected chi connectivity index (χ4v) is 3.60. The van der Waals surface area contributed by atoms with Gasteiger partial charge in [-0.25, -0.2) is 0 Å². The van der Waals surface area contributed by atoms with E-state index in [1.54, 1.807) is 24.1 Å². The minimum absolute atomic E-state index is 0.0792. The Morgan fingerprint density at radius 3 is 2.28 bits per heavy atom. The number of carbonyl (C=O) groups excluding carboxylic acids is 2. The molecule has 3 aromatic rings. The van der Waals surface area contributed by atoms with Gasteiger partial charge in [0.1, 0.15) is 17.2 Å². The van der Waals surface area contributed by atoms with E-state index >= 15 is 0 Å². The van der Waals surface area contributed by atoms with Crippen molar-refractivity contribution < 1.29 is 18.7 Å². The van der Waals surface area contributed by atoms with Crippen LogP contribution in [0.3, 0.4) is 0 Å². The van der Waals surface area contributed by atoms with Crippen molar-refractivity contribution >= 4 is 23.1 Å². The first-order chi connectivity index (χ1) is 15.5. The second kappa shape index (κ2) is 9.14. The summed E-state index contributed by atoms with van der Waals surface area (Å²) < 4.78 is 11.1. The number of anilines is 1. The van der Waals surface area contributed by atoms with Crippen LogP contribution >= 0.6 is 0 Å². The number of imide groups is 1. The highest BCUT2D eigenvalue weighted by Gasteiger charge is 2.41. The van der Waals surface area contributed by atoms with Crippen LogP contribution in [-0.2, 0) is 16.1 Å². The Labute approximate surface area is 187 Å². The summed E-state index contributed by atoms with van der Waals surface area (Å²) in [6.45, 7) is 4.86. The predicted molar refractivity (Wildman–Crippen MR) is 123 cm³/mol. The monoisotopic (exact) mass is 430 g/mol. The molecule has 1 aliphatic rings. The molecular formula is C26H26N2O4. The SMILES string of the molecule is CC(C)COc1ccc(C2=C(N(C)c3ccccc3)C(=O)N(Cc3ccco3)C2=O)cc1. The van der Waals surface area contributed by atoms with Crippen LogP contribution < -0.4 is 9.64 Å². The van der Waals surface area contributed by atoms with Crippen LogP contribution in [0.15, 0.2) is 83.1 Å². The smallest absolute Gasteiger partial charge is 0.278 e. The van der Waals surface area contributed by atoms with Gasteiger partial charge >= 0.3 is 0 Å². The molecule has 0 radical (unpaired) electrons. The number of para-hydroxylation sites is 1. The van der Waals surface area contributed by atoms with Crippen molar-refractivity contribution in [2.24, 2.45) is 5.92 Å². The summed E-state index contributed by atoms with van der Waals surface area (Å²) in [5.41, 5.74) is 2.18. The van der Waals surface area contributed by atoms with E-state index < -0.39 is 0 Å². The zero-order valence-corrected chi connectivity index (χ0v) is 18.4. The third kappa shape index (κ3) is 4.30. The summed E-state index contributed by atoms with van der Waals surface area (Å²) in [7, 11) is 1.80. The van der Waals surface area contributed by atoms with E-state index in [2.05, 4.69) is 13.8 Å². The lowest BCUT2D eigenvalue weighted by Gasteiger charge is -2.21. The molecule has 0 bridgehead atoms. The number of furan rings is 1. The van der Waals surface area contributed by atoms with E-state index in [9.17, 15) is 9.59 Å². The molecular weight excluding hydrogens is 404 g/mol. The van der Waals surface area contributed by atoms with E-state index in [4.69, 9.17) is 9.15 Å². The molecule has 6 heteroatoms. The number of rotatable bonds is 8. The van der Waals surface area contributed by atoms with E-state index in [1.807, 2.05) is 54.6 Å². The van der Waals surface area contributed by atoms with Crippen molar-refractivity contribution in [1.29, 1.82) is 0 Å². The topological polar surface area (TPSA) is 63.0 Å². The highest BCUT2D eigenvalue weighted by molar-refractivity contribution is 6.36. The molecule has 2 aromatic carbocycles. The van der Waals surface area contributed by atoms with Gasteiger partial charge in [0, 0.05) is 12.7 Å². The van der Waals surface area contributed by atoms with Gasteiger partial charge < -0.3 is 14.1 Å². The molecule has 6 nitrogen and oxygen atoms in total. The van der Waals surface area contributed by atoms with Crippen LogP contribution in [-0.4, -0.2) is 30.4 Å². The molecule has 0 atom stereocenters. The van der Waals surface area contributed by atoms with Gasteiger partial charge in [-0.2, -0.15) is 0 Å². The van der Waals surface area contributed by atoms with E-state index in [0.29, 0.717) is 35.1 Å². The maximum absolute atomic E-state index is 13.4. The Kier molecular flexibility index (Phi) is 6.12. The second-order valence-electron chi connectivity index (χ2n) is 8.12. The first kappa shape index (κ1) is 21.4. The van der Waals surface area contributed by atoms with Crippen LogP contribution in [0.2, 0.25) is 0 Å². The molecule has 4 rings (SSSR count). The van der Waals surface area contributed by atoms with Crippen molar-refractivity contribution in [1.82, 2.24) is 4.90 Å². The summed E-state index contributed by atoms with van der Waals surface area (Å²) >= 11 is 0. The van der Waals surface area contributed by atoms with Gasteiger partial charge in [0.05, 0.1) is 25.0 Å². The fourth-order valence-electron chi connectivity index (χ4n) is 3.60. The Bertz CT molecular complexity index is 1120. The molecule has 0 saturated carbocycles. The molecule has 0 spiro atoms. The molecule has 32 heavy (non-hydrogen) atoms. The highest BCUT2D eigenvalue weighted by atomic mass is 16.5. The number of hydrogen-bond acceptors (Lipinski definition) is 5. The molecule has 2 heterocycles. The Morgan fingerprint density at radius 2 is 1.66 bits per heavy atom. The number of amides is 2. The van der Waals surface area contributed by atoms with Gasteiger partial charge in [-0.05, 0) is 47.9 Å². The van der Waals surface area contributed by atoms with Crippen molar-refractivity contribution in [3.63, 3.8) is 0 Å². The molecule has 0 fully saturated rings. The molecule has 2 amide bonds. The van der Waals surface area contributed by atoms with Crippen molar-refractivity contribution in [3.8, 4) is 5.75 Å². The Balaban J connectivity index is 1.72. The first-order valence-corrected chi connectivity index (χ1v) is 10.6. The maximum atomic E-state index is 13.4. The van der Waals surface area contributed by atoms with Gasteiger partial charge in [0.2, 0.25) is 0 Å². The van der Waals surface area contributed by atoms with Crippen molar-refractivity contribution in [2.75, 3.05) is 18.6 Å². The van der Waals surface area contributed by atoms with Crippen LogP contribution in [0.25, 0.3) is 5.57 Å². The first-order valence-electron chi connectivity index (χ1n) is 10.6. The Hall–Kier alpha value is -3.80. The molecule has 164 valence electrons. The average Bonchev–Trinajstić information content (AvgIpc) is 3.40. The minimum atomic E-state index is -0.354. The largest absolute Gasteiger partial charge is 0.493 e. The lowest BCUT2D eigenvalue weighted by molar-refractivity contribution is -0.137. The zero-order chi connectivity index (χ0) is 22.7. The quantitative estimate of drug-likeness (QED) is 0.484. The molecule has 1 aliphatic heterocycles. The van der Waals surface area contributed by atoms with Gasteiger partial charge in [0.25, 0.3) is 11.8 Å². The molecule has 1 aromatic heterocycles. The van der Waals surface area contributed by atoms with E-state index in [-0.39, 0.29) is 18.4 Å². The molecule has 0 aliphatic carbocycles. The summed E-state index contributed by atoms with van der Waals surface area (Å²) in [6, 6.07) is 20.3. The number of hydrogen-bond donors (Lipinski definition) is 0. The van der Waals surface area contributed by atoms with Crippen LogP contribution in [0.4, 0.5) is 5.69 Å². The number of benzene rings is 2. The summed E-state index contributed by atoms with van der Waals surface area (Å²) in [5, 5.41) is 0. The standard InChI is InChI=1S/C26H26N2O4/c1-18(2)17-32-21-13-11-19(12-14-21)23-24(27(3)20-8-5-4-6-9-20)26(30)28(25(23)29)16-22-10-7-15-31-22/h4-15,18H,16-17H2,1-3H3. The number of carbonyl (C=O) groups is 2. The van der Waals surface area contributed by atoms with E-state index in [0.717, 1.165) is 11.4 Å². The summed E-state index contributed by atoms with van der Waals surface area (Å²) in [6.07, 6.45) is 1.53. The third-order valence-corrected chi connectivity index (χ3v) is 5.24. The van der Waals surface area contributed by atoms with Gasteiger partial charge in [-0.3, -0.25) is 14.5 Å². The maximum Gasteiger partial charge on any atom is 0.278 e. The number of nitrogens with zero attached hydrogens (tertiary/aromatic N) is 2. The van der Waals surface area contributed by atoms with E-state index in [1.165, 1.54) is 11.2 Å². The van der Waals surface area contributed by atoms with Gasteiger partial charge in [-0.15, -0.1) is 0 Å². The Morgan fingerprint density at radius 1 is 0.938 bits per heavy atom. The fraction of sp³-hybridized carbons (Fsp3) is 0.231. The van der Waals surface area contributed by atoms with Crippen molar-refractivity contribution in [3.05, 3.63) is 90.0 Å². The zero-order valence-electron chi connectivity index (χ0n) is 18.4.